The molecular formula is C54H69Cl2N11O14. The van der Waals surface area contributed by atoms with Gasteiger partial charge in [0.2, 0.25) is 11.8 Å². The summed E-state index contributed by atoms with van der Waals surface area (Å²) in [6, 6.07) is 15.4. The molecule has 438 valence electrons. The predicted octanol–water partition coefficient (Wildman–Crippen LogP) is 2.90. The van der Waals surface area contributed by atoms with Gasteiger partial charge in [0.25, 0.3) is 5.91 Å². The fraction of sp³-hybridized carbons (Fsp3) is 0.481. The van der Waals surface area contributed by atoms with Crippen LogP contribution in [-0.4, -0.2) is 235 Å². The summed E-state index contributed by atoms with van der Waals surface area (Å²) in [4.78, 5) is 96.2. The van der Waals surface area contributed by atoms with Crippen LogP contribution in [0.4, 0.5) is 10.5 Å². The number of carbonyl (C=O) groups is 7. The van der Waals surface area contributed by atoms with E-state index in [9.17, 15) is 48.9 Å². The maximum Gasteiger partial charge on any atom is 0.319 e. The molecule has 1 aromatic heterocycles. The van der Waals surface area contributed by atoms with Crippen molar-refractivity contribution in [2.24, 2.45) is 0 Å². The minimum Gasteiger partial charge on any atom is -0.496 e. The number of fused-ring (bicyclic) bond motifs is 3. The van der Waals surface area contributed by atoms with Crippen molar-refractivity contribution >= 4 is 70.5 Å². The van der Waals surface area contributed by atoms with E-state index >= 15 is 0 Å². The molecule has 0 bridgehead atoms. The largest absolute Gasteiger partial charge is 0.496 e. The number of halogens is 2. The average Bonchev–Trinajstić information content (AvgIpc) is 3.84. The summed E-state index contributed by atoms with van der Waals surface area (Å²) in [6.07, 6.45) is 0.0252. The first kappa shape index (κ1) is 61.5. The molecule has 25 nitrogen and oxygen atoms in total. The Kier molecular flexibility index (Phi) is 22.1. The van der Waals surface area contributed by atoms with E-state index in [1.165, 1.54) is 0 Å². The van der Waals surface area contributed by atoms with Crippen LogP contribution in [0.1, 0.15) is 36.3 Å². The van der Waals surface area contributed by atoms with Crippen LogP contribution < -0.4 is 30.7 Å². The van der Waals surface area contributed by atoms with Gasteiger partial charge in [0.15, 0.2) is 5.69 Å². The molecule has 7 rings (SSSR count). The third kappa shape index (κ3) is 17.7. The number of anilines is 1. The normalized spacial score (nSPS) is 16.3. The molecule has 0 unspecified atom stereocenters. The molecule has 3 aliphatic rings. The summed E-state index contributed by atoms with van der Waals surface area (Å²) in [6.45, 7) is 6.99. The SMILES string of the molecule is COc1cc2c(cc1-c1cccc(NC(=O)NCCNC(=O)CCOCCNC(=O)CN3CCN(CC(=O)O)CCN(CC(=O)O)CCN(CC(=O)O)CC3)c1)-c1c(c(C(=O)N3CCOCC3(C)C)nn1-c1cc(Cl)cc(Cl)c1)CO2. The molecule has 27 heteroatoms. The molecule has 0 spiro atoms. The highest BCUT2D eigenvalue weighted by molar-refractivity contribution is 6.34. The Labute approximate surface area is 478 Å². The molecule has 4 aromatic rings. The van der Waals surface area contributed by atoms with E-state index in [0.717, 1.165) is 0 Å². The average molecular weight is 1170 g/mol. The van der Waals surface area contributed by atoms with Gasteiger partial charge < -0.3 is 60.4 Å². The highest BCUT2D eigenvalue weighted by Gasteiger charge is 2.39. The van der Waals surface area contributed by atoms with Crippen molar-refractivity contribution in [3.05, 3.63) is 75.9 Å². The molecule has 2 fully saturated rings. The lowest BCUT2D eigenvalue weighted by atomic mass is 9.95. The molecule has 0 aliphatic carbocycles. The molecule has 3 aromatic carbocycles. The number of carboxylic acids is 3. The minimum absolute atomic E-state index is 0.0252. The molecule has 7 N–H and O–H groups in total. The topological polar surface area (TPSA) is 299 Å². The summed E-state index contributed by atoms with van der Waals surface area (Å²) in [5.41, 5.74) is 3.80. The maximum atomic E-state index is 14.4. The maximum absolute atomic E-state index is 14.4. The van der Waals surface area contributed by atoms with Crippen molar-refractivity contribution < 1.29 is 67.8 Å². The fourth-order valence-corrected chi connectivity index (χ4v) is 10.2. The van der Waals surface area contributed by atoms with Crippen LogP contribution in [0, 0.1) is 0 Å². The number of nitrogens with one attached hydrogen (secondary N) is 4. The second-order valence-corrected chi connectivity index (χ2v) is 21.1. The lowest BCUT2D eigenvalue weighted by Gasteiger charge is -2.41. The molecule has 81 heavy (non-hydrogen) atoms. The number of hydrogen-bond acceptors (Lipinski definition) is 16. The number of nitrogens with zero attached hydrogens (tertiary/aromatic N) is 7. The van der Waals surface area contributed by atoms with Gasteiger partial charge in [-0.05, 0) is 55.8 Å². The first-order chi connectivity index (χ1) is 38.8. The first-order valence-corrected chi connectivity index (χ1v) is 27.2. The standard InChI is InChI=1S/C54H69Cl2N11O14/c1-54(2)34-80-22-19-66(54)52(76)50-42-33-81-44-28-43(78-3)40(27-41(44)51(42)67(61-50)39-25-36(55)24-37(56)26-39)35-5-4-6-38(23-35)60-53(77)59-9-8-57-45(68)7-20-79-21-10-58-46(69)29-62-11-13-63(30-47(70)71)15-17-65(32-49(74)75)18-16-64(14-12-62)31-48(72)73/h4-6,23-28H,7-22,29-34H2,1-3H3,(H,57,68)(H,58,69)(H,70,71)(H,72,73)(H,74,75)(H2,59,60,77). The van der Waals surface area contributed by atoms with Crippen LogP contribution in [0.2, 0.25) is 10.0 Å². The Morgan fingerprint density at radius 3 is 1.88 bits per heavy atom. The summed E-state index contributed by atoms with van der Waals surface area (Å²) in [7, 11) is 1.54. The zero-order valence-electron chi connectivity index (χ0n) is 45.5. The van der Waals surface area contributed by atoms with E-state index in [-0.39, 0.29) is 135 Å². The number of aliphatic carboxylic acids is 3. The number of carboxylic acid groups (broad SMARTS) is 3. The Morgan fingerprint density at radius 2 is 1.28 bits per heavy atom. The quantitative estimate of drug-likeness (QED) is 0.0557. The number of benzene rings is 3. The van der Waals surface area contributed by atoms with Gasteiger partial charge in [-0.15, -0.1) is 0 Å². The van der Waals surface area contributed by atoms with Crippen molar-refractivity contribution in [3.8, 4) is 39.6 Å². The number of urea groups is 1. The minimum atomic E-state index is -1.05. The van der Waals surface area contributed by atoms with Gasteiger partial charge in [-0.25, -0.2) is 9.48 Å². The van der Waals surface area contributed by atoms with Crippen molar-refractivity contribution in [2.45, 2.75) is 32.4 Å². The van der Waals surface area contributed by atoms with Gasteiger partial charge in [0.1, 0.15) is 18.1 Å². The smallest absolute Gasteiger partial charge is 0.319 e. The molecule has 5 amide bonds. The second-order valence-electron chi connectivity index (χ2n) is 20.2. The first-order valence-electron chi connectivity index (χ1n) is 26.4. The number of hydrogen-bond donors (Lipinski definition) is 7. The molecule has 4 heterocycles. The van der Waals surface area contributed by atoms with Crippen LogP contribution >= 0.6 is 23.2 Å². The molecule has 0 saturated carbocycles. The lowest BCUT2D eigenvalue weighted by Crippen LogP contribution is -2.55. The second kappa shape index (κ2) is 29.0. The number of carbonyl (C=O) groups excluding carboxylic acids is 4. The van der Waals surface area contributed by atoms with Gasteiger partial charge in [-0.1, -0.05) is 35.3 Å². The number of rotatable bonds is 22. The van der Waals surface area contributed by atoms with Crippen LogP contribution in [0.25, 0.3) is 28.1 Å². The van der Waals surface area contributed by atoms with Crippen LogP contribution in [-0.2, 0) is 40.1 Å². The number of ether oxygens (including phenoxy) is 4. The van der Waals surface area contributed by atoms with E-state index in [1.54, 1.807) is 73.9 Å². The number of morpholine rings is 1. The van der Waals surface area contributed by atoms with Gasteiger partial charge in [0, 0.05) is 123 Å². The predicted molar refractivity (Wildman–Crippen MR) is 298 cm³/mol. The number of methoxy groups -OCH3 is 1. The van der Waals surface area contributed by atoms with Gasteiger partial charge in [0.05, 0.1) is 76.6 Å². The van der Waals surface area contributed by atoms with Gasteiger partial charge in [-0.3, -0.25) is 48.4 Å². The van der Waals surface area contributed by atoms with Crippen LogP contribution in [0.3, 0.4) is 0 Å². The van der Waals surface area contributed by atoms with Crippen molar-refractivity contribution in [3.63, 3.8) is 0 Å². The van der Waals surface area contributed by atoms with E-state index in [0.29, 0.717) is 93.7 Å². The van der Waals surface area contributed by atoms with Crippen LogP contribution in [0.5, 0.6) is 11.5 Å². The molecule has 3 aliphatic heterocycles. The third-order valence-electron chi connectivity index (χ3n) is 13.7. The molecule has 0 radical (unpaired) electrons. The highest BCUT2D eigenvalue weighted by Crippen LogP contribution is 2.47. The Hall–Kier alpha value is -7.10. The van der Waals surface area contributed by atoms with E-state index in [2.05, 4.69) is 21.3 Å². The molecule has 2 saturated heterocycles. The third-order valence-corrected chi connectivity index (χ3v) is 14.1. The lowest BCUT2D eigenvalue weighted by molar-refractivity contribution is -0.140. The van der Waals surface area contributed by atoms with E-state index in [1.807, 2.05) is 30.9 Å². The van der Waals surface area contributed by atoms with Gasteiger partial charge >= 0.3 is 23.9 Å². The van der Waals surface area contributed by atoms with Crippen molar-refractivity contribution in [1.82, 2.24) is 50.2 Å². The summed E-state index contributed by atoms with van der Waals surface area (Å²) >= 11 is 13.0. The van der Waals surface area contributed by atoms with E-state index < -0.39 is 29.5 Å². The monoisotopic (exact) mass is 1170 g/mol. The molecular weight excluding hydrogens is 1100 g/mol. The zero-order valence-corrected chi connectivity index (χ0v) is 47.0. The van der Waals surface area contributed by atoms with Crippen molar-refractivity contribution in [2.75, 3.05) is 144 Å². The Balaban J connectivity index is 0.876. The Bertz CT molecular complexity index is 2870. The molecule has 0 atom stereocenters. The van der Waals surface area contributed by atoms with Crippen molar-refractivity contribution in [1.29, 1.82) is 0 Å². The number of amides is 5. The summed E-state index contributed by atoms with van der Waals surface area (Å²) < 4.78 is 25.1. The summed E-state index contributed by atoms with van der Waals surface area (Å²) in [5, 5.41) is 45.1. The highest BCUT2D eigenvalue weighted by atomic mass is 35.5. The van der Waals surface area contributed by atoms with Gasteiger partial charge in [-0.2, -0.15) is 5.10 Å². The summed E-state index contributed by atoms with van der Waals surface area (Å²) in [5.74, 6) is -3.06. The number of aromatic nitrogens is 2. The zero-order chi connectivity index (χ0) is 58.2. The van der Waals surface area contributed by atoms with Crippen LogP contribution in [0.15, 0.2) is 54.6 Å². The Morgan fingerprint density at radius 1 is 0.691 bits per heavy atom. The van der Waals surface area contributed by atoms with E-state index in [4.69, 9.17) is 47.2 Å². The fourth-order valence-electron chi connectivity index (χ4n) is 9.64.